The second kappa shape index (κ2) is 11.6. The summed E-state index contributed by atoms with van der Waals surface area (Å²) in [6, 6.07) is 0.384. The smallest absolute Gasteiger partial charge is 0.347 e. The molecule has 2 aromatic heterocycles. The minimum absolute atomic E-state index is 0.0103. The van der Waals surface area contributed by atoms with E-state index in [2.05, 4.69) is 20.4 Å². The first-order valence-electron chi connectivity index (χ1n) is 11.3. The molecule has 16 nitrogen and oxygen atoms in total. The Hall–Kier alpha value is -4.10. The van der Waals surface area contributed by atoms with E-state index in [1.807, 2.05) is 0 Å². The Labute approximate surface area is 238 Å². The molecule has 0 aliphatic carbocycles. The predicted molar refractivity (Wildman–Crippen MR) is 143 cm³/mol. The van der Waals surface area contributed by atoms with Gasteiger partial charge in [0.1, 0.15) is 17.1 Å². The van der Waals surface area contributed by atoms with Gasteiger partial charge in [-0.15, -0.1) is 23.1 Å². The van der Waals surface area contributed by atoms with Crippen molar-refractivity contribution >= 4 is 81.1 Å². The SMILES string of the molecule is C[C@@H](O/N=C(\C(=O)NC1C(=O)N2C(C(=O)[O-])=C(CSc3nc(N)cc(N)[n+]3C)CS[C@H]12)c1csc(N)n1)C(=O)O. The third-order valence-corrected chi connectivity index (χ3v) is 8.86. The van der Waals surface area contributed by atoms with E-state index < -0.39 is 47.0 Å². The maximum absolute atomic E-state index is 13.1. The van der Waals surface area contributed by atoms with Crippen LogP contribution in [0.25, 0.3) is 0 Å². The van der Waals surface area contributed by atoms with Gasteiger partial charge in [-0.05, 0) is 24.3 Å². The van der Waals surface area contributed by atoms with Crippen molar-refractivity contribution in [1.29, 1.82) is 0 Å². The van der Waals surface area contributed by atoms with Gasteiger partial charge in [0.15, 0.2) is 10.8 Å². The van der Waals surface area contributed by atoms with Crippen LogP contribution in [-0.4, -0.2) is 78.5 Å². The first kappa shape index (κ1) is 28.9. The van der Waals surface area contributed by atoms with E-state index in [1.54, 1.807) is 11.6 Å². The van der Waals surface area contributed by atoms with Gasteiger partial charge in [0, 0.05) is 16.9 Å². The Bertz CT molecular complexity index is 1460. The van der Waals surface area contributed by atoms with Gasteiger partial charge in [0.2, 0.25) is 17.7 Å². The zero-order valence-electron chi connectivity index (χ0n) is 20.9. The number of rotatable bonds is 10. The van der Waals surface area contributed by atoms with Crippen molar-refractivity contribution in [2.45, 2.75) is 29.6 Å². The number of hydrogen-bond donors (Lipinski definition) is 5. The second-order valence-electron chi connectivity index (χ2n) is 8.43. The van der Waals surface area contributed by atoms with E-state index >= 15 is 0 Å². The summed E-state index contributed by atoms with van der Waals surface area (Å²) in [6.45, 7) is 1.21. The summed E-state index contributed by atoms with van der Waals surface area (Å²) in [6.07, 6.45) is -1.37. The van der Waals surface area contributed by atoms with E-state index in [0.29, 0.717) is 16.5 Å². The fourth-order valence-corrected chi connectivity index (χ4v) is 6.66. The van der Waals surface area contributed by atoms with Crippen molar-refractivity contribution < 1.29 is 38.8 Å². The summed E-state index contributed by atoms with van der Waals surface area (Å²) in [5.41, 5.74) is 17.1. The van der Waals surface area contributed by atoms with Crippen molar-refractivity contribution in [2.75, 3.05) is 28.7 Å². The molecule has 0 spiro atoms. The van der Waals surface area contributed by atoms with Crippen molar-refractivity contribution in [2.24, 2.45) is 12.2 Å². The number of hydrogen-bond acceptors (Lipinski definition) is 15. The molecule has 3 atom stereocenters. The molecule has 1 fully saturated rings. The maximum atomic E-state index is 13.1. The van der Waals surface area contributed by atoms with Gasteiger partial charge in [0.25, 0.3) is 11.8 Å². The first-order chi connectivity index (χ1) is 18.9. The number of anilines is 3. The van der Waals surface area contributed by atoms with Crippen LogP contribution in [0.4, 0.5) is 16.8 Å². The van der Waals surface area contributed by atoms with E-state index in [0.717, 1.165) is 16.2 Å². The number of amides is 2. The summed E-state index contributed by atoms with van der Waals surface area (Å²) in [5, 5.41) is 28.5. The number of carbonyl (C=O) groups excluding carboxylic acids is 3. The van der Waals surface area contributed by atoms with E-state index in [-0.39, 0.29) is 33.8 Å². The lowest BCUT2D eigenvalue weighted by molar-refractivity contribution is -0.698. The molecule has 0 saturated carbocycles. The molecule has 212 valence electrons. The van der Waals surface area contributed by atoms with Crippen LogP contribution in [-0.2, 0) is 31.1 Å². The van der Waals surface area contributed by atoms with E-state index in [4.69, 9.17) is 27.1 Å². The maximum Gasteiger partial charge on any atom is 0.347 e. The van der Waals surface area contributed by atoms with Crippen molar-refractivity contribution in [3.8, 4) is 0 Å². The molecular weight excluding hydrogens is 586 g/mol. The van der Waals surface area contributed by atoms with Crippen LogP contribution >= 0.6 is 34.9 Å². The van der Waals surface area contributed by atoms with Crippen LogP contribution < -0.4 is 32.2 Å². The van der Waals surface area contributed by atoms with Crippen LogP contribution in [0.5, 0.6) is 0 Å². The number of carbonyl (C=O) groups is 4. The Morgan fingerprint density at radius 2 is 2.10 bits per heavy atom. The molecule has 2 aromatic rings. The van der Waals surface area contributed by atoms with Gasteiger partial charge >= 0.3 is 11.1 Å². The minimum atomic E-state index is -1.54. The lowest BCUT2D eigenvalue weighted by Crippen LogP contribution is -2.71. The van der Waals surface area contributed by atoms with Gasteiger partial charge in [-0.1, -0.05) is 10.1 Å². The molecule has 4 rings (SSSR count). The molecule has 2 amide bonds. The van der Waals surface area contributed by atoms with Gasteiger partial charge in [-0.25, -0.2) is 14.3 Å². The zero-order valence-corrected chi connectivity index (χ0v) is 23.3. The van der Waals surface area contributed by atoms with Crippen LogP contribution in [0.15, 0.2) is 33.0 Å². The molecule has 0 bridgehead atoms. The normalized spacial score (nSPS) is 19.5. The van der Waals surface area contributed by atoms with Crippen molar-refractivity contribution in [1.82, 2.24) is 20.2 Å². The lowest BCUT2D eigenvalue weighted by Gasteiger charge is -2.50. The van der Waals surface area contributed by atoms with Crippen molar-refractivity contribution in [3.63, 3.8) is 0 Å². The Morgan fingerprint density at radius 1 is 1.38 bits per heavy atom. The van der Waals surface area contributed by atoms with Crippen LogP contribution in [0.2, 0.25) is 0 Å². The average Bonchev–Trinajstić information content (AvgIpc) is 3.33. The van der Waals surface area contributed by atoms with Crippen LogP contribution in [0.3, 0.4) is 0 Å². The summed E-state index contributed by atoms with van der Waals surface area (Å²) < 4.78 is 1.59. The number of β-lactam (4-membered cyclic amide) rings is 1. The molecule has 40 heavy (non-hydrogen) atoms. The molecule has 8 N–H and O–H groups in total. The van der Waals surface area contributed by atoms with Crippen LogP contribution in [0.1, 0.15) is 12.6 Å². The molecule has 2 aliphatic rings. The summed E-state index contributed by atoms with van der Waals surface area (Å²) >= 11 is 3.45. The number of aliphatic carboxylic acids is 2. The molecule has 0 aromatic carbocycles. The highest BCUT2D eigenvalue weighted by molar-refractivity contribution is 8.01. The van der Waals surface area contributed by atoms with E-state index in [1.165, 1.54) is 41.9 Å². The van der Waals surface area contributed by atoms with Crippen LogP contribution in [0, 0.1) is 0 Å². The van der Waals surface area contributed by atoms with Gasteiger partial charge in [-0.2, -0.15) is 0 Å². The molecule has 1 unspecified atom stereocenters. The van der Waals surface area contributed by atoms with Crippen molar-refractivity contribution in [3.05, 3.63) is 28.4 Å². The van der Waals surface area contributed by atoms with E-state index in [9.17, 15) is 24.3 Å². The Morgan fingerprint density at radius 3 is 2.73 bits per heavy atom. The topological polar surface area (TPSA) is 256 Å². The highest BCUT2D eigenvalue weighted by Crippen LogP contribution is 2.41. The fourth-order valence-electron chi connectivity index (χ4n) is 3.63. The second-order valence-corrected chi connectivity index (χ2v) is 11.4. The Balaban J connectivity index is 1.52. The monoisotopic (exact) mass is 609 g/mol. The number of aromatic nitrogens is 3. The number of nitrogens with two attached hydrogens (primary N) is 3. The number of nitrogen functional groups attached to an aromatic ring is 3. The number of nitrogens with zero attached hydrogens (tertiary/aromatic N) is 5. The molecule has 4 heterocycles. The molecule has 2 aliphatic heterocycles. The number of carboxylic acids is 2. The number of fused-ring (bicyclic) bond motifs is 1. The predicted octanol–water partition coefficient (Wildman–Crippen LogP) is -2.50. The number of thiazole rings is 1. The number of thioether (sulfide) groups is 2. The van der Waals surface area contributed by atoms with Gasteiger partial charge in [0.05, 0.1) is 24.8 Å². The summed E-state index contributed by atoms with van der Waals surface area (Å²) in [7, 11) is 1.68. The lowest BCUT2D eigenvalue weighted by atomic mass is 10.0. The third kappa shape index (κ3) is 5.75. The third-order valence-electron chi connectivity index (χ3n) is 5.73. The quantitative estimate of drug-likeness (QED) is 0.0466. The largest absolute Gasteiger partial charge is 0.543 e. The minimum Gasteiger partial charge on any atom is -0.543 e. The van der Waals surface area contributed by atoms with Gasteiger partial charge < -0.3 is 42.4 Å². The first-order valence-corrected chi connectivity index (χ1v) is 14.2. The molecule has 0 radical (unpaired) electrons. The van der Waals surface area contributed by atoms with Gasteiger partial charge in [-0.3, -0.25) is 14.5 Å². The number of carboxylic acid groups (broad SMARTS) is 2. The zero-order chi connectivity index (χ0) is 29.3. The highest BCUT2D eigenvalue weighted by atomic mass is 32.2. The number of oxime groups is 1. The number of nitrogens with one attached hydrogen (secondary N) is 1. The highest BCUT2D eigenvalue weighted by Gasteiger charge is 2.53. The standard InChI is InChI=1S/C21H23N9O7S3/c1-7(18(33)34)37-28-12(9-6-39-20(24)25-9)15(31)27-13-16(32)30-14(19(35)36)8(4-38-17(13)30)5-40-21-26-10(22)3-11(23)29(21)2/h3,6-7,13,17H,4-5H2,1-2H3,(H8,22,23,24,25,27,31,33,34,35,36)/b28-12-/t7-,13?,17-/m1/s1. The Kier molecular flexibility index (Phi) is 8.35. The molecular formula is C21H23N9O7S3. The molecule has 19 heteroatoms. The fraction of sp³-hybridized carbons (Fsp3) is 0.333. The summed E-state index contributed by atoms with van der Waals surface area (Å²) in [4.78, 5) is 63.5. The summed E-state index contributed by atoms with van der Waals surface area (Å²) in [5.74, 6) is -3.47. The molecule has 1 saturated heterocycles. The average molecular weight is 610 g/mol.